The highest BCUT2D eigenvalue weighted by Crippen LogP contribution is 2.24. The van der Waals surface area contributed by atoms with Crippen LogP contribution in [0.25, 0.3) is 17.2 Å². The Kier molecular flexibility index (Phi) is 3.08. The number of pyridine rings is 1. The first-order chi connectivity index (χ1) is 7.74. The molecule has 3 rings (SSSR count). The number of nitrogens with zero attached hydrogens (tertiary/aromatic N) is 3. The van der Waals surface area contributed by atoms with E-state index in [2.05, 4.69) is 26.1 Å². The van der Waals surface area contributed by atoms with E-state index in [4.69, 9.17) is 10.2 Å². The number of hydrogen-bond donors (Lipinski definition) is 1. The van der Waals surface area contributed by atoms with Crippen molar-refractivity contribution in [3.8, 4) is 11.6 Å². The topological polar surface area (TPSA) is 69.3 Å². The second-order valence-corrected chi connectivity index (χ2v) is 4.10. The summed E-state index contributed by atoms with van der Waals surface area (Å²) >= 11 is 3.25. The first-order valence-electron chi connectivity index (χ1n) is 4.60. The largest absolute Gasteiger partial charge is 0.446 e. The van der Waals surface area contributed by atoms with E-state index in [9.17, 15) is 0 Å². The number of rotatable bonds is 1. The summed E-state index contributed by atoms with van der Waals surface area (Å²) in [5, 5.41) is 8.09. The summed E-state index contributed by atoms with van der Waals surface area (Å²) in [6, 6.07) is 7.22. The predicted octanol–water partition coefficient (Wildman–Crippen LogP) is 2.76. The minimum atomic E-state index is 0. The van der Waals surface area contributed by atoms with Crippen LogP contribution in [-0.4, -0.2) is 14.6 Å². The Morgan fingerprint density at radius 2 is 2.00 bits per heavy atom. The lowest BCUT2D eigenvalue weighted by Gasteiger charge is -1.97. The molecular weight excluding hydrogens is 307 g/mol. The van der Waals surface area contributed by atoms with Crippen molar-refractivity contribution in [3.05, 3.63) is 35.1 Å². The summed E-state index contributed by atoms with van der Waals surface area (Å²) in [6.07, 6.45) is 1.76. The lowest BCUT2D eigenvalue weighted by molar-refractivity contribution is 0.550. The van der Waals surface area contributed by atoms with Gasteiger partial charge in [-0.1, -0.05) is 0 Å². The monoisotopic (exact) mass is 314 g/mol. The standard InChI is InChI=1S/C10H7BrN4O.ClH/c11-8-3-2-7(16-8)10-14-13-9-4-1-6(12)5-15(9)10;/h1-5H,12H2;1H. The van der Waals surface area contributed by atoms with Gasteiger partial charge < -0.3 is 10.2 Å². The van der Waals surface area contributed by atoms with E-state index in [1.165, 1.54) is 0 Å². The van der Waals surface area contributed by atoms with E-state index in [1.807, 2.05) is 18.2 Å². The molecule has 0 amide bonds. The number of furan rings is 1. The van der Waals surface area contributed by atoms with E-state index in [-0.39, 0.29) is 12.4 Å². The average Bonchev–Trinajstić information content (AvgIpc) is 2.83. The summed E-state index contributed by atoms with van der Waals surface area (Å²) in [6.45, 7) is 0. The maximum absolute atomic E-state index is 5.72. The maximum atomic E-state index is 5.72. The van der Waals surface area contributed by atoms with Gasteiger partial charge in [-0.3, -0.25) is 4.40 Å². The third-order valence-electron chi connectivity index (χ3n) is 2.22. The fraction of sp³-hybridized carbons (Fsp3) is 0. The molecule has 3 aromatic rings. The van der Waals surface area contributed by atoms with Crippen LogP contribution in [0.2, 0.25) is 0 Å². The SMILES string of the molecule is Cl.Nc1ccc2nnc(-c3ccc(Br)o3)n2c1. The highest BCUT2D eigenvalue weighted by atomic mass is 79.9. The number of nitrogen functional groups attached to an aromatic ring is 1. The van der Waals surface area contributed by atoms with Crippen molar-refractivity contribution in [2.75, 3.05) is 5.73 Å². The van der Waals surface area contributed by atoms with Gasteiger partial charge in [0.05, 0.1) is 0 Å². The number of hydrogen-bond acceptors (Lipinski definition) is 4. The first kappa shape index (κ1) is 11.9. The van der Waals surface area contributed by atoms with Crippen molar-refractivity contribution in [1.29, 1.82) is 0 Å². The van der Waals surface area contributed by atoms with Crippen molar-refractivity contribution in [2.24, 2.45) is 0 Å². The quantitative estimate of drug-likeness (QED) is 0.749. The van der Waals surface area contributed by atoms with Crippen LogP contribution in [0.15, 0.2) is 39.5 Å². The smallest absolute Gasteiger partial charge is 0.204 e. The van der Waals surface area contributed by atoms with Crippen LogP contribution < -0.4 is 5.73 Å². The molecule has 0 fully saturated rings. The Morgan fingerprint density at radius 3 is 2.71 bits per heavy atom. The van der Waals surface area contributed by atoms with Gasteiger partial charge in [0.1, 0.15) is 0 Å². The second-order valence-electron chi connectivity index (χ2n) is 3.32. The average molecular weight is 316 g/mol. The number of aromatic nitrogens is 3. The molecule has 17 heavy (non-hydrogen) atoms. The van der Waals surface area contributed by atoms with Gasteiger partial charge >= 0.3 is 0 Å². The molecule has 0 unspecified atom stereocenters. The van der Waals surface area contributed by atoms with Crippen molar-refractivity contribution in [1.82, 2.24) is 14.6 Å². The van der Waals surface area contributed by atoms with Gasteiger partial charge in [0.2, 0.25) is 5.82 Å². The minimum absolute atomic E-state index is 0. The molecule has 2 N–H and O–H groups in total. The number of halogens is 2. The molecule has 5 nitrogen and oxygen atoms in total. The Hall–Kier alpha value is -1.53. The molecule has 0 atom stereocenters. The van der Waals surface area contributed by atoms with Crippen LogP contribution in [-0.2, 0) is 0 Å². The lowest BCUT2D eigenvalue weighted by atomic mass is 10.4. The summed E-state index contributed by atoms with van der Waals surface area (Å²) in [5.41, 5.74) is 7.10. The van der Waals surface area contributed by atoms with Gasteiger partial charge in [-0.25, -0.2) is 0 Å². The van der Waals surface area contributed by atoms with Gasteiger partial charge in [-0.15, -0.1) is 22.6 Å². The van der Waals surface area contributed by atoms with E-state index in [0.717, 1.165) is 5.65 Å². The van der Waals surface area contributed by atoms with Gasteiger partial charge in [-0.2, -0.15) is 0 Å². The third-order valence-corrected chi connectivity index (χ3v) is 2.65. The normalized spacial score (nSPS) is 10.4. The fourth-order valence-electron chi connectivity index (χ4n) is 1.51. The van der Waals surface area contributed by atoms with E-state index < -0.39 is 0 Å². The zero-order valence-corrected chi connectivity index (χ0v) is 10.9. The summed E-state index contributed by atoms with van der Waals surface area (Å²) in [7, 11) is 0. The molecule has 0 saturated heterocycles. The molecule has 0 aromatic carbocycles. The van der Waals surface area contributed by atoms with Crippen molar-refractivity contribution in [2.45, 2.75) is 0 Å². The molecule has 0 bridgehead atoms. The van der Waals surface area contributed by atoms with Crippen molar-refractivity contribution in [3.63, 3.8) is 0 Å². The Bertz CT molecular complexity index is 663. The van der Waals surface area contributed by atoms with Crippen LogP contribution in [0.1, 0.15) is 0 Å². The molecule has 7 heteroatoms. The van der Waals surface area contributed by atoms with Crippen molar-refractivity contribution < 1.29 is 4.42 Å². The van der Waals surface area contributed by atoms with E-state index in [0.29, 0.717) is 21.9 Å². The molecule has 3 aromatic heterocycles. The van der Waals surface area contributed by atoms with Gasteiger partial charge in [0.15, 0.2) is 16.1 Å². The molecule has 0 radical (unpaired) electrons. The predicted molar refractivity (Wildman–Crippen MR) is 70.0 cm³/mol. The second kappa shape index (κ2) is 4.38. The van der Waals surface area contributed by atoms with Crippen LogP contribution in [0, 0.1) is 0 Å². The molecular formula is C10H8BrClN4O. The number of anilines is 1. The molecule has 88 valence electrons. The molecule has 0 aliphatic rings. The molecule has 3 heterocycles. The molecule has 0 aliphatic carbocycles. The highest BCUT2D eigenvalue weighted by Gasteiger charge is 2.11. The molecule has 0 saturated carbocycles. The Morgan fingerprint density at radius 1 is 1.18 bits per heavy atom. The van der Waals surface area contributed by atoms with Crippen LogP contribution in [0.3, 0.4) is 0 Å². The zero-order valence-electron chi connectivity index (χ0n) is 8.50. The zero-order chi connectivity index (χ0) is 11.1. The molecule has 0 aliphatic heterocycles. The summed E-state index contributed by atoms with van der Waals surface area (Å²) in [5.74, 6) is 1.28. The van der Waals surface area contributed by atoms with Crippen LogP contribution in [0.5, 0.6) is 0 Å². The van der Waals surface area contributed by atoms with E-state index in [1.54, 1.807) is 16.7 Å². The fourth-order valence-corrected chi connectivity index (χ4v) is 1.82. The van der Waals surface area contributed by atoms with Crippen LogP contribution >= 0.6 is 28.3 Å². The summed E-state index contributed by atoms with van der Waals surface area (Å²) in [4.78, 5) is 0. The highest BCUT2D eigenvalue weighted by molar-refractivity contribution is 9.10. The first-order valence-corrected chi connectivity index (χ1v) is 5.39. The van der Waals surface area contributed by atoms with Gasteiger partial charge in [0.25, 0.3) is 0 Å². The maximum Gasteiger partial charge on any atom is 0.204 e. The Labute approximate surface area is 111 Å². The number of fused-ring (bicyclic) bond motifs is 1. The third kappa shape index (κ3) is 2.01. The lowest BCUT2D eigenvalue weighted by Crippen LogP contribution is -1.92. The van der Waals surface area contributed by atoms with Gasteiger partial charge in [-0.05, 0) is 40.2 Å². The van der Waals surface area contributed by atoms with Crippen LogP contribution in [0.4, 0.5) is 5.69 Å². The molecule has 0 spiro atoms. The van der Waals surface area contributed by atoms with Crippen molar-refractivity contribution >= 4 is 39.7 Å². The van der Waals surface area contributed by atoms with E-state index >= 15 is 0 Å². The summed E-state index contributed by atoms with van der Waals surface area (Å²) < 4.78 is 7.88. The number of nitrogens with two attached hydrogens (primary N) is 1. The Balaban J connectivity index is 0.00000108. The van der Waals surface area contributed by atoms with Gasteiger partial charge in [0, 0.05) is 11.9 Å². The minimum Gasteiger partial charge on any atom is -0.446 e.